The van der Waals surface area contributed by atoms with Crippen LogP contribution in [0.4, 0.5) is 0 Å². The molecule has 2 rings (SSSR count). The fourth-order valence-electron chi connectivity index (χ4n) is 2.28. The maximum atomic E-state index is 4.17. The van der Waals surface area contributed by atoms with Crippen LogP contribution < -0.4 is 5.32 Å². The molecule has 19 heavy (non-hydrogen) atoms. The van der Waals surface area contributed by atoms with Crippen LogP contribution in [0.2, 0.25) is 0 Å². The van der Waals surface area contributed by atoms with Crippen molar-refractivity contribution in [2.45, 2.75) is 32.2 Å². The molecule has 1 aromatic heterocycles. The zero-order valence-corrected chi connectivity index (χ0v) is 11.8. The van der Waals surface area contributed by atoms with E-state index in [0.717, 1.165) is 19.3 Å². The van der Waals surface area contributed by atoms with Gasteiger partial charge >= 0.3 is 0 Å². The normalized spacial score (nSPS) is 12.3. The van der Waals surface area contributed by atoms with Crippen molar-refractivity contribution in [2.24, 2.45) is 0 Å². The van der Waals surface area contributed by atoms with Crippen molar-refractivity contribution in [3.8, 4) is 0 Å². The third-order valence-corrected chi connectivity index (χ3v) is 3.53. The first kappa shape index (κ1) is 13.8. The number of likely N-dealkylation sites (N-methyl/N-ethyl adjacent to an activating group) is 1. The van der Waals surface area contributed by atoms with E-state index in [2.05, 4.69) is 47.6 Å². The molecule has 1 N–H and O–H groups in total. The minimum Gasteiger partial charge on any atom is -0.316 e. The van der Waals surface area contributed by atoms with Gasteiger partial charge in [-0.25, -0.2) is 0 Å². The van der Waals surface area contributed by atoms with E-state index in [9.17, 15) is 0 Å². The lowest BCUT2D eigenvalue weighted by Gasteiger charge is -2.16. The van der Waals surface area contributed by atoms with Crippen molar-refractivity contribution >= 4 is 0 Å². The van der Waals surface area contributed by atoms with Gasteiger partial charge in [0.25, 0.3) is 0 Å². The average molecular weight is 254 g/mol. The number of aromatic nitrogens is 1. The van der Waals surface area contributed by atoms with E-state index in [-0.39, 0.29) is 0 Å². The molecule has 1 atom stereocenters. The molecule has 100 valence electrons. The van der Waals surface area contributed by atoms with Gasteiger partial charge in [-0.05, 0) is 49.1 Å². The lowest BCUT2D eigenvalue weighted by molar-refractivity contribution is 0.555. The highest BCUT2D eigenvalue weighted by Crippen LogP contribution is 2.10. The second kappa shape index (κ2) is 7.05. The van der Waals surface area contributed by atoms with Crippen molar-refractivity contribution in [3.05, 3.63) is 65.5 Å². The summed E-state index contributed by atoms with van der Waals surface area (Å²) >= 11 is 0. The second-order valence-electron chi connectivity index (χ2n) is 4.93. The molecule has 0 aliphatic carbocycles. The highest BCUT2D eigenvalue weighted by atomic mass is 14.9. The summed E-state index contributed by atoms with van der Waals surface area (Å²) in [6, 6.07) is 13.5. The van der Waals surface area contributed by atoms with E-state index >= 15 is 0 Å². The Morgan fingerprint density at radius 1 is 1.00 bits per heavy atom. The van der Waals surface area contributed by atoms with Crippen LogP contribution in [-0.4, -0.2) is 18.1 Å². The van der Waals surface area contributed by atoms with Crippen LogP contribution >= 0.6 is 0 Å². The van der Waals surface area contributed by atoms with Crippen LogP contribution in [0.25, 0.3) is 0 Å². The molecule has 0 spiro atoms. The van der Waals surface area contributed by atoms with Gasteiger partial charge in [-0.1, -0.05) is 37.3 Å². The second-order valence-corrected chi connectivity index (χ2v) is 4.93. The Kier molecular flexibility index (Phi) is 5.10. The van der Waals surface area contributed by atoms with Gasteiger partial charge in [0.2, 0.25) is 0 Å². The molecular weight excluding hydrogens is 232 g/mol. The zero-order valence-electron chi connectivity index (χ0n) is 11.8. The molecule has 0 aliphatic heterocycles. The van der Waals surface area contributed by atoms with Gasteiger partial charge in [0.05, 0.1) is 0 Å². The minimum absolute atomic E-state index is 0.455. The number of pyridine rings is 1. The summed E-state index contributed by atoms with van der Waals surface area (Å²) in [5.41, 5.74) is 4.07. The Morgan fingerprint density at radius 3 is 2.26 bits per heavy atom. The molecule has 0 aliphatic rings. The van der Waals surface area contributed by atoms with E-state index < -0.39 is 0 Å². The topological polar surface area (TPSA) is 24.9 Å². The van der Waals surface area contributed by atoms with Crippen LogP contribution in [0.15, 0.2) is 48.8 Å². The summed E-state index contributed by atoms with van der Waals surface area (Å²) in [5, 5.41) is 3.40. The van der Waals surface area contributed by atoms with Crippen LogP contribution in [0.5, 0.6) is 0 Å². The number of hydrogen-bond donors (Lipinski definition) is 1. The standard InChI is InChI=1S/C17H22N2/c1-3-14-6-8-15(9-7-14)11-17(18-2)12-16-5-4-10-19-13-16/h4-10,13,17-18H,3,11-12H2,1-2H3. The van der Waals surface area contributed by atoms with E-state index in [0.29, 0.717) is 6.04 Å². The monoisotopic (exact) mass is 254 g/mol. The third kappa shape index (κ3) is 4.18. The lowest BCUT2D eigenvalue weighted by Crippen LogP contribution is -2.29. The van der Waals surface area contributed by atoms with Gasteiger partial charge in [-0.2, -0.15) is 0 Å². The first-order valence-electron chi connectivity index (χ1n) is 6.95. The van der Waals surface area contributed by atoms with Crippen LogP contribution in [0.3, 0.4) is 0 Å². The van der Waals surface area contributed by atoms with Gasteiger partial charge in [-0.15, -0.1) is 0 Å². The van der Waals surface area contributed by atoms with Crippen LogP contribution in [0.1, 0.15) is 23.6 Å². The maximum Gasteiger partial charge on any atom is 0.0300 e. The molecule has 0 saturated heterocycles. The summed E-state index contributed by atoms with van der Waals surface area (Å²) in [4.78, 5) is 4.17. The number of benzene rings is 1. The summed E-state index contributed by atoms with van der Waals surface area (Å²) in [6.45, 7) is 2.19. The molecule has 0 radical (unpaired) electrons. The van der Waals surface area contributed by atoms with Crippen molar-refractivity contribution in [2.75, 3.05) is 7.05 Å². The van der Waals surface area contributed by atoms with Crippen LogP contribution in [-0.2, 0) is 19.3 Å². The van der Waals surface area contributed by atoms with Crippen molar-refractivity contribution < 1.29 is 0 Å². The highest BCUT2D eigenvalue weighted by Gasteiger charge is 2.08. The Bertz CT molecular complexity index is 476. The zero-order chi connectivity index (χ0) is 13.5. The number of hydrogen-bond acceptors (Lipinski definition) is 2. The molecular formula is C17H22N2. The van der Waals surface area contributed by atoms with Crippen molar-refractivity contribution in [1.82, 2.24) is 10.3 Å². The molecule has 2 heteroatoms. The molecule has 0 amide bonds. The van der Waals surface area contributed by atoms with Crippen molar-refractivity contribution in [3.63, 3.8) is 0 Å². The molecule has 2 aromatic rings. The van der Waals surface area contributed by atoms with Crippen LogP contribution in [0, 0.1) is 0 Å². The summed E-state index contributed by atoms with van der Waals surface area (Å²) in [6.07, 6.45) is 6.94. The maximum absolute atomic E-state index is 4.17. The van der Waals surface area contributed by atoms with Gasteiger partial charge in [-0.3, -0.25) is 4.98 Å². The first-order valence-corrected chi connectivity index (χ1v) is 6.95. The van der Waals surface area contributed by atoms with Gasteiger partial charge in [0, 0.05) is 18.4 Å². The lowest BCUT2D eigenvalue weighted by atomic mass is 9.99. The SMILES string of the molecule is CCc1ccc(CC(Cc2cccnc2)NC)cc1. The molecule has 0 bridgehead atoms. The molecule has 0 saturated carbocycles. The fraction of sp³-hybridized carbons (Fsp3) is 0.353. The molecule has 1 aromatic carbocycles. The molecule has 1 heterocycles. The first-order chi connectivity index (χ1) is 9.31. The van der Waals surface area contributed by atoms with E-state index in [4.69, 9.17) is 0 Å². The summed E-state index contributed by atoms with van der Waals surface area (Å²) < 4.78 is 0. The molecule has 0 fully saturated rings. The third-order valence-electron chi connectivity index (χ3n) is 3.53. The number of rotatable bonds is 6. The Balaban J connectivity index is 1.98. The number of nitrogens with one attached hydrogen (secondary N) is 1. The smallest absolute Gasteiger partial charge is 0.0300 e. The predicted molar refractivity (Wildman–Crippen MR) is 80.3 cm³/mol. The quantitative estimate of drug-likeness (QED) is 0.857. The summed E-state index contributed by atoms with van der Waals surface area (Å²) in [5.74, 6) is 0. The average Bonchev–Trinajstić information content (AvgIpc) is 2.48. The van der Waals surface area contributed by atoms with E-state index in [1.165, 1.54) is 16.7 Å². The van der Waals surface area contributed by atoms with Gasteiger partial charge in [0.15, 0.2) is 0 Å². The predicted octanol–water partition coefficient (Wildman–Crippen LogP) is 3.02. The van der Waals surface area contributed by atoms with Crippen molar-refractivity contribution in [1.29, 1.82) is 0 Å². The Hall–Kier alpha value is -1.67. The number of aryl methyl sites for hydroxylation is 1. The van der Waals surface area contributed by atoms with E-state index in [1.807, 2.05) is 25.5 Å². The Labute approximate surface area is 115 Å². The molecule has 2 nitrogen and oxygen atoms in total. The largest absolute Gasteiger partial charge is 0.316 e. The summed E-state index contributed by atoms with van der Waals surface area (Å²) in [7, 11) is 2.03. The Morgan fingerprint density at radius 2 is 1.68 bits per heavy atom. The highest BCUT2D eigenvalue weighted by molar-refractivity contribution is 5.23. The fourth-order valence-corrected chi connectivity index (χ4v) is 2.28. The minimum atomic E-state index is 0.455. The number of nitrogens with zero attached hydrogens (tertiary/aromatic N) is 1. The van der Waals surface area contributed by atoms with E-state index in [1.54, 1.807) is 0 Å². The van der Waals surface area contributed by atoms with Gasteiger partial charge < -0.3 is 5.32 Å². The molecule has 1 unspecified atom stereocenters. The van der Waals surface area contributed by atoms with Gasteiger partial charge in [0.1, 0.15) is 0 Å².